The molecule has 0 aliphatic heterocycles. The van der Waals surface area contributed by atoms with Gasteiger partial charge < -0.3 is 15.5 Å². The van der Waals surface area contributed by atoms with Crippen LogP contribution in [0.1, 0.15) is 16.1 Å². The molecule has 100 valence electrons. The van der Waals surface area contributed by atoms with E-state index >= 15 is 0 Å². The number of benzene rings is 1. The Bertz CT molecular complexity index is 587. The highest BCUT2D eigenvalue weighted by molar-refractivity contribution is 7.97. The molecule has 5 N–H and O–H groups in total. The van der Waals surface area contributed by atoms with E-state index in [1.54, 1.807) is 24.5 Å². The maximum Gasteiger partial charge on any atom is 0.250 e. The Labute approximate surface area is 119 Å². The number of hydrogen-bond acceptors (Lipinski definition) is 5. The standard InChI is InChI=1S/C12H12ClN3O2S/c13-9-5-10(16-6-7-2-1-3-18-7)8(12(14)17)4-11(9)19-15/h1-5,16H,6,15H2,(H2,14,17). The smallest absolute Gasteiger partial charge is 0.250 e. The molecule has 0 saturated heterocycles. The van der Waals surface area contributed by atoms with Crippen molar-refractivity contribution >= 4 is 35.1 Å². The van der Waals surface area contributed by atoms with E-state index in [1.165, 1.54) is 0 Å². The average Bonchev–Trinajstić information content (AvgIpc) is 2.89. The van der Waals surface area contributed by atoms with E-state index in [9.17, 15) is 4.79 Å². The van der Waals surface area contributed by atoms with Crippen LogP contribution in [-0.4, -0.2) is 5.91 Å². The molecule has 1 aromatic heterocycles. The summed E-state index contributed by atoms with van der Waals surface area (Å²) in [5.41, 5.74) is 6.23. The number of carbonyl (C=O) groups is 1. The summed E-state index contributed by atoms with van der Waals surface area (Å²) in [6.45, 7) is 0.429. The highest BCUT2D eigenvalue weighted by Crippen LogP contribution is 2.30. The predicted octanol–water partition coefficient (Wildman–Crippen LogP) is 2.61. The van der Waals surface area contributed by atoms with E-state index in [0.717, 1.165) is 17.7 Å². The summed E-state index contributed by atoms with van der Waals surface area (Å²) in [7, 11) is 0. The van der Waals surface area contributed by atoms with E-state index in [0.29, 0.717) is 27.7 Å². The SMILES string of the molecule is NSc1cc(C(N)=O)c(NCc2ccco2)cc1Cl. The Morgan fingerprint density at radius 1 is 1.47 bits per heavy atom. The van der Waals surface area contributed by atoms with Gasteiger partial charge in [0.2, 0.25) is 0 Å². The molecule has 0 aliphatic carbocycles. The summed E-state index contributed by atoms with van der Waals surface area (Å²) in [5.74, 6) is 0.192. The molecule has 0 fully saturated rings. The number of amides is 1. The summed E-state index contributed by atoms with van der Waals surface area (Å²) in [6.07, 6.45) is 1.58. The van der Waals surface area contributed by atoms with Crippen LogP contribution >= 0.6 is 23.5 Å². The first kappa shape index (κ1) is 13.8. The van der Waals surface area contributed by atoms with Crippen LogP contribution in [0, 0.1) is 0 Å². The van der Waals surface area contributed by atoms with Crippen molar-refractivity contribution in [3.8, 4) is 0 Å². The number of nitrogens with one attached hydrogen (secondary N) is 1. The van der Waals surface area contributed by atoms with E-state index in [1.807, 2.05) is 6.07 Å². The number of carbonyl (C=O) groups excluding carboxylic acids is 1. The van der Waals surface area contributed by atoms with E-state index in [-0.39, 0.29) is 0 Å². The number of primary amides is 1. The van der Waals surface area contributed by atoms with Crippen molar-refractivity contribution in [3.63, 3.8) is 0 Å². The van der Waals surface area contributed by atoms with Gasteiger partial charge in [0.15, 0.2) is 0 Å². The van der Waals surface area contributed by atoms with Gasteiger partial charge in [-0.2, -0.15) is 0 Å². The summed E-state index contributed by atoms with van der Waals surface area (Å²) >= 11 is 7.02. The summed E-state index contributed by atoms with van der Waals surface area (Å²) in [6, 6.07) is 6.80. The van der Waals surface area contributed by atoms with E-state index < -0.39 is 5.91 Å². The fourth-order valence-electron chi connectivity index (χ4n) is 1.59. The molecule has 1 aromatic carbocycles. The highest BCUT2D eigenvalue weighted by Gasteiger charge is 2.13. The molecule has 0 bridgehead atoms. The third kappa shape index (κ3) is 3.23. The molecular formula is C12H12ClN3O2S. The second kappa shape index (κ2) is 6.01. The van der Waals surface area contributed by atoms with Crippen molar-refractivity contribution in [3.05, 3.63) is 46.9 Å². The molecular weight excluding hydrogens is 286 g/mol. The maximum absolute atomic E-state index is 11.4. The van der Waals surface area contributed by atoms with Crippen LogP contribution in [-0.2, 0) is 6.54 Å². The number of anilines is 1. The van der Waals surface area contributed by atoms with Gasteiger partial charge in [0.1, 0.15) is 5.76 Å². The Balaban J connectivity index is 2.27. The minimum atomic E-state index is -0.547. The van der Waals surface area contributed by atoms with Crippen LogP contribution in [0.15, 0.2) is 39.8 Å². The van der Waals surface area contributed by atoms with Gasteiger partial charge in [-0.3, -0.25) is 9.93 Å². The molecule has 0 aliphatic rings. The molecule has 1 heterocycles. The number of nitrogens with two attached hydrogens (primary N) is 2. The van der Waals surface area contributed by atoms with E-state index in [2.05, 4.69) is 5.32 Å². The average molecular weight is 298 g/mol. The first-order valence-corrected chi connectivity index (χ1v) is 6.64. The van der Waals surface area contributed by atoms with E-state index in [4.69, 9.17) is 26.9 Å². The number of rotatable bonds is 5. The molecule has 7 heteroatoms. The molecule has 0 atom stereocenters. The van der Waals surface area contributed by atoms with Crippen LogP contribution in [0.3, 0.4) is 0 Å². The molecule has 2 rings (SSSR count). The lowest BCUT2D eigenvalue weighted by Crippen LogP contribution is -2.14. The molecule has 0 unspecified atom stereocenters. The molecule has 0 saturated carbocycles. The van der Waals surface area contributed by atoms with Gasteiger partial charge in [0.05, 0.1) is 23.4 Å². The Morgan fingerprint density at radius 2 is 2.26 bits per heavy atom. The molecule has 2 aromatic rings. The van der Waals surface area contributed by atoms with Gasteiger partial charge in [-0.1, -0.05) is 11.6 Å². The minimum Gasteiger partial charge on any atom is -0.467 e. The predicted molar refractivity (Wildman–Crippen MR) is 76.0 cm³/mol. The summed E-state index contributed by atoms with van der Waals surface area (Å²) in [4.78, 5) is 12.0. The van der Waals surface area contributed by atoms with Gasteiger partial charge in [0, 0.05) is 10.6 Å². The third-order valence-electron chi connectivity index (χ3n) is 2.50. The Hall–Kier alpha value is -1.63. The first-order valence-electron chi connectivity index (χ1n) is 5.38. The zero-order valence-electron chi connectivity index (χ0n) is 9.85. The lowest BCUT2D eigenvalue weighted by molar-refractivity contribution is 0.100. The normalized spacial score (nSPS) is 10.4. The number of hydrogen-bond donors (Lipinski definition) is 3. The van der Waals surface area contributed by atoms with Crippen LogP contribution in [0.2, 0.25) is 5.02 Å². The lowest BCUT2D eigenvalue weighted by Gasteiger charge is -2.11. The topological polar surface area (TPSA) is 94.3 Å². The quantitative estimate of drug-likeness (QED) is 0.737. The minimum absolute atomic E-state index is 0.337. The molecule has 1 amide bonds. The fraction of sp³-hybridized carbons (Fsp3) is 0.0833. The zero-order valence-corrected chi connectivity index (χ0v) is 11.4. The van der Waals surface area contributed by atoms with Crippen molar-refractivity contribution in [1.82, 2.24) is 0 Å². The van der Waals surface area contributed by atoms with Gasteiger partial charge >= 0.3 is 0 Å². The highest BCUT2D eigenvalue weighted by atomic mass is 35.5. The van der Waals surface area contributed by atoms with Gasteiger partial charge in [-0.25, -0.2) is 0 Å². The molecule has 19 heavy (non-hydrogen) atoms. The van der Waals surface area contributed by atoms with Crippen molar-refractivity contribution in [2.45, 2.75) is 11.4 Å². The monoisotopic (exact) mass is 297 g/mol. The van der Waals surface area contributed by atoms with Crippen molar-refractivity contribution in [2.24, 2.45) is 10.9 Å². The second-order valence-electron chi connectivity index (χ2n) is 3.74. The molecule has 0 spiro atoms. The Morgan fingerprint density at radius 3 is 2.84 bits per heavy atom. The summed E-state index contributed by atoms with van der Waals surface area (Å²) < 4.78 is 5.19. The van der Waals surface area contributed by atoms with Crippen molar-refractivity contribution < 1.29 is 9.21 Å². The summed E-state index contributed by atoms with van der Waals surface area (Å²) in [5, 5.41) is 8.98. The van der Waals surface area contributed by atoms with Gasteiger partial charge in [-0.05, 0) is 36.2 Å². The Kier molecular flexibility index (Phi) is 4.36. The maximum atomic E-state index is 11.4. The van der Waals surface area contributed by atoms with Gasteiger partial charge in [0.25, 0.3) is 5.91 Å². The van der Waals surface area contributed by atoms with Crippen LogP contribution in [0.4, 0.5) is 5.69 Å². The third-order valence-corrected chi connectivity index (χ3v) is 3.51. The first-order chi connectivity index (χ1) is 9.11. The van der Waals surface area contributed by atoms with Crippen LogP contribution in [0.5, 0.6) is 0 Å². The fourth-order valence-corrected chi connectivity index (χ4v) is 2.24. The largest absolute Gasteiger partial charge is 0.467 e. The number of furan rings is 1. The number of halogens is 1. The zero-order chi connectivity index (χ0) is 13.8. The molecule has 0 radical (unpaired) electrons. The van der Waals surface area contributed by atoms with Crippen LogP contribution in [0.25, 0.3) is 0 Å². The van der Waals surface area contributed by atoms with Crippen molar-refractivity contribution in [2.75, 3.05) is 5.32 Å². The van der Waals surface area contributed by atoms with Crippen molar-refractivity contribution in [1.29, 1.82) is 0 Å². The second-order valence-corrected chi connectivity index (χ2v) is 4.83. The lowest BCUT2D eigenvalue weighted by atomic mass is 10.1. The van der Waals surface area contributed by atoms with Crippen LogP contribution < -0.4 is 16.2 Å². The molecule has 5 nitrogen and oxygen atoms in total. The van der Waals surface area contributed by atoms with Gasteiger partial charge in [-0.15, -0.1) is 0 Å².